The van der Waals surface area contributed by atoms with Crippen LogP contribution in [0.5, 0.6) is 0 Å². The van der Waals surface area contributed by atoms with Crippen molar-refractivity contribution in [3.05, 3.63) is 24.5 Å². The van der Waals surface area contributed by atoms with Gasteiger partial charge in [-0.3, -0.25) is 4.98 Å². The van der Waals surface area contributed by atoms with Crippen LogP contribution in [0, 0.1) is 5.92 Å². The lowest BCUT2D eigenvalue weighted by molar-refractivity contribution is 0.345. The number of likely N-dealkylation sites (tertiary alicyclic amines) is 1. The number of hydrogen-bond donors (Lipinski definition) is 2. The smallest absolute Gasteiger partial charge is 0.147 e. The second-order valence-electron chi connectivity index (χ2n) is 5.44. The van der Waals surface area contributed by atoms with Crippen LogP contribution in [0.25, 0.3) is 11.1 Å². The molecule has 3 heterocycles. The molecule has 21 heavy (non-hydrogen) atoms. The predicted octanol–water partition coefficient (Wildman–Crippen LogP) is 2.54. The summed E-state index contributed by atoms with van der Waals surface area (Å²) >= 11 is 1.43. The zero-order valence-electron chi connectivity index (χ0n) is 12.2. The Balaban J connectivity index is 1.70. The van der Waals surface area contributed by atoms with Crippen LogP contribution in [0.2, 0.25) is 0 Å². The molecule has 6 heteroatoms. The first-order chi connectivity index (χ1) is 10.3. The molecule has 1 saturated heterocycles. The fraction of sp³-hybridized carbons (Fsp3) is 0.467. The van der Waals surface area contributed by atoms with E-state index in [1.807, 2.05) is 18.3 Å². The maximum atomic E-state index is 6.02. The van der Waals surface area contributed by atoms with E-state index in [0.717, 1.165) is 29.2 Å². The molecule has 112 valence electrons. The molecule has 5 nitrogen and oxygen atoms in total. The normalized spacial score (nSPS) is 19.0. The third-order valence-corrected chi connectivity index (χ3v) is 4.86. The van der Waals surface area contributed by atoms with Crippen molar-refractivity contribution in [2.75, 3.05) is 37.2 Å². The minimum Gasteiger partial charge on any atom is -0.382 e. The van der Waals surface area contributed by atoms with Crippen LogP contribution in [-0.4, -0.2) is 40.4 Å². The second-order valence-corrected chi connectivity index (χ2v) is 6.22. The van der Waals surface area contributed by atoms with Crippen molar-refractivity contribution < 1.29 is 0 Å². The number of rotatable bonds is 5. The summed E-state index contributed by atoms with van der Waals surface area (Å²) in [5.74, 6) is 1.28. The molecule has 0 aromatic carbocycles. The Morgan fingerprint density at radius 2 is 2.43 bits per heavy atom. The van der Waals surface area contributed by atoms with Gasteiger partial charge in [0.1, 0.15) is 10.8 Å². The molecule has 1 atom stereocenters. The molecular formula is C15H21N5S. The number of pyridine rings is 1. The zero-order valence-corrected chi connectivity index (χ0v) is 13.1. The van der Waals surface area contributed by atoms with Gasteiger partial charge in [-0.25, -0.2) is 0 Å². The summed E-state index contributed by atoms with van der Waals surface area (Å²) in [7, 11) is 0. The van der Waals surface area contributed by atoms with Gasteiger partial charge in [0.25, 0.3) is 0 Å². The highest BCUT2D eigenvalue weighted by Crippen LogP contribution is 2.36. The van der Waals surface area contributed by atoms with E-state index in [2.05, 4.69) is 26.5 Å². The minimum absolute atomic E-state index is 0.581. The molecule has 0 saturated carbocycles. The molecule has 2 aromatic heterocycles. The monoisotopic (exact) mass is 303 g/mol. The fourth-order valence-corrected chi connectivity index (χ4v) is 3.56. The van der Waals surface area contributed by atoms with E-state index in [9.17, 15) is 0 Å². The Hall–Kier alpha value is -1.66. The van der Waals surface area contributed by atoms with E-state index in [1.54, 1.807) is 6.20 Å². The summed E-state index contributed by atoms with van der Waals surface area (Å²) in [6.45, 7) is 6.74. The summed E-state index contributed by atoms with van der Waals surface area (Å²) in [6.07, 6.45) is 4.86. The molecule has 1 aliphatic rings. The molecule has 2 aromatic rings. The van der Waals surface area contributed by atoms with Crippen molar-refractivity contribution in [3.8, 4) is 11.1 Å². The van der Waals surface area contributed by atoms with Crippen molar-refractivity contribution in [3.63, 3.8) is 0 Å². The van der Waals surface area contributed by atoms with Crippen molar-refractivity contribution in [2.45, 2.75) is 13.3 Å². The van der Waals surface area contributed by atoms with Crippen molar-refractivity contribution in [1.82, 2.24) is 14.3 Å². The Bertz CT molecular complexity index is 583. The highest BCUT2D eigenvalue weighted by molar-refractivity contribution is 7.11. The second kappa shape index (κ2) is 6.41. The molecule has 3 rings (SSSR count). The van der Waals surface area contributed by atoms with Gasteiger partial charge >= 0.3 is 0 Å². The quantitative estimate of drug-likeness (QED) is 0.888. The Labute approximate surface area is 129 Å². The third kappa shape index (κ3) is 3.16. The zero-order chi connectivity index (χ0) is 14.7. The molecule has 1 fully saturated rings. The summed E-state index contributed by atoms with van der Waals surface area (Å²) in [4.78, 5) is 6.66. The lowest BCUT2D eigenvalue weighted by atomic mass is 10.1. The third-order valence-electron chi connectivity index (χ3n) is 4.04. The molecule has 0 aliphatic carbocycles. The van der Waals surface area contributed by atoms with Crippen LogP contribution < -0.4 is 11.1 Å². The van der Waals surface area contributed by atoms with Gasteiger partial charge in [0.15, 0.2) is 0 Å². The molecule has 1 unspecified atom stereocenters. The van der Waals surface area contributed by atoms with Crippen molar-refractivity contribution >= 4 is 22.4 Å². The number of hydrogen-bond acceptors (Lipinski definition) is 6. The summed E-state index contributed by atoms with van der Waals surface area (Å²) < 4.78 is 4.29. The number of anilines is 2. The van der Waals surface area contributed by atoms with Crippen LogP contribution in [0.1, 0.15) is 13.3 Å². The van der Waals surface area contributed by atoms with Crippen LogP contribution >= 0.6 is 11.5 Å². The number of nitrogens with two attached hydrogens (primary N) is 1. The molecule has 0 radical (unpaired) electrons. The Morgan fingerprint density at radius 3 is 3.14 bits per heavy atom. The highest BCUT2D eigenvalue weighted by Gasteiger charge is 2.22. The molecule has 3 N–H and O–H groups in total. The van der Waals surface area contributed by atoms with Crippen LogP contribution in [-0.2, 0) is 0 Å². The Morgan fingerprint density at radius 1 is 1.52 bits per heavy atom. The van der Waals surface area contributed by atoms with Gasteiger partial charge in [0.2, 0.25) is 0 Å². The average Bonchev–Trinajstić information content (AvgIpc) is 3.12. The van der Waals surface area contributed by atoms with Gasteiger partial charge in [-0.1, -0.05) is 13.0 Å². The van der Waals surface area contributed by atoms with E-state index >= 15 is 0 Å². The van der Waals surface area contributed by atoms with Gasteiger partial charge in [-0.05, 0) is 43.0 Å². The van der Waals surface area contributed by atoms with E-state index in [1.165, 1.54) is 31.0 Å². The first kappa shape index (κ1) is 14.3. The molecule has 0 amide bonds. The van der Waals surface area contributed by atoms with Crippen LogP contribution in [0.3, 0.4) is 0 Å². The van der Waals surface area contributed by atoms with Gasteiger partial charge in [-0.2, -0.15) is 4.37 Å². The van der Waals surface area contributed by atoms with Crippen LogP contribution in [0.15, 0.2) is 24.5 Å². The number of nitrogens with zero attached hydrogens (tertiary/aromatic N) is 3. The summed E-state index contributed by atoms with van der Waals surface area (Å²) in [5, 5.41) is 4.59. The molecular weight excluding hydrogens is 282 g/mol. The van der Waals surface area contributed by atoms with Crippen LogP contribution in [0.4, 0.5) is 10.8 Å². The Kier molecular flexibility index (Phi) is 4.36. The molecule has 1 aliphatic heterocycles. The van der Waals surface area contributed by atoms with Gasteiger partial charge in [-0.15, -0.1) is 0 Å². The average molecular weight is 303 g/mol. The van der Waals surface area contributed by atoms with Gasteiger partial charge < -0.3 is 16.0 Å². The lowest BCUT2D eigenvalue weighted by Gasteiger charge is -2.14. The van der Waals surface area contributed by atoms with Crippen molar-refractivity contribution in [1.29, 1.82) is 0 Å². The SMILES string of the molecule is CCN1CCC(CNc2snc(N)c2-c2cccnc2)C1. The van der Waals surface area contributed by atoms with E-state index < -0.39 is 0 Å². The fourth-order valence-electron chi connectivity index (χ4n) is 2.82. The first-order valence-electron chi connectivity index (χ1n) is 7.39. The van der Waals surface area contributed by atoms with E-state index in [0.29, 0.717) is 11.7 Å². The van der Waals surface area contributed by atoms with E-state index in [4.69, 9.17) is 5.73 Å². The van der Waals surface area contributed by atoms with Gasteiger partial charge in [0, 0.05) is 31.0 Å². The van der Waals surface area contributed by atoms with Crippen molar-refractivity contribution in [2.24, 2.45) is 5.92 Å². The van der Waals surface area contributed by atoms with E-state index in [-0.39, 0.29) is 0 Å². The minimum atomic E-state index is 0.581. The number of nitrogens with one attached hydrogen (secondary N) is 1. The highest BCUT2D eigenvalue weighted by atomic mass is 32.1. The first-order valence-corrected chi connectivity index (χ1v) is 8.17. The number of aromatic nitrogens is 2. The largest absolute Gasteiger partial charge is 0.382 e. The lowest BCUT2D eigenvalue weighted by Crippen LogP contribution is -2.22. The maximum Gasteiger partial charge on any atom is 0.147 e. The van der Waals surface area contributed by atoms with Gasteiger partial charge in [0.05, 0.1) is 5.56 Å². The number of nitrogen functional groups attached to an aromatic ring is 1. The standard InChI is InChI=1S/C15H21N5S/c1-2-20-7-5-11(10-20)8-18-15-13(14(16)19-21-15)12-4-3-6-17-9-12/h3-4,6,9,11,18H,2,5,7-8,10H2,1H3,(H2,16,19). The maximum absolute atomic E-state index is 6.02. The molecule has 0 bridgehead atoms. The topological polar surface area (TPSA) is 67.1 Å². The molecule has 0 spiro atoms. The summed E-state index contributed by atoms with van der Waals surface area (Å²) in [5.41, 5.74) is 8.03. The summed E-state index contributed by atoms with van der Waals surface area (Å²) in [6, 6.07) is 3.94. The predicted molar refractivity (Wildman–Crippen MR) is 88.5 cm³/mol.